The summed E-state index contributed by atoms with van der Waals surface area (Å²) in [5, 5.41) is 18.6. The van der Waals surface area contributed by atoms with E-state index in [-0.39, 0.29) is 16.7 Å². The van der Waals surface area contributed by atoms with Gasteiger partial charge in [-0.2, -0.15) is 0 Å². The number of methoxy groups -OCH3 is 1. The summed E-state index contributed by atoms with van der Waals surface area (Å²) in [5.74, 6) is -4.20. The molecule has 0 bridgehead atoms. The predicted molar refractivity (Wildman–Crippen MR) is 82.2 cm³/mol. The Kier molecular flexibility index (Phi) is 4.36. The van der Waals surface area contributed by atoms with Gasteiger partial charge in [-0.05, 0) is 17.7 Å². The van der Waals surface area contributed by atoms with Crippen molar-refractivity contribution >= 4 is 23.7 Å². The van der Waals surface area contributed by atoms with Gasteiger partial charge in [-0.3, -0.25) is 4.79 Å². The number of hydrogen-bond donors (Lipinski definition) is 4. The van der Waals surface area contributed by atoms with Crippen LogP contribution in [0.4, 0.5) is 5.82 Å². The zero-order valence-electron chi connectivity index (χ0n) is 12.3. The maximum Gasteiger partial charge on any atom is 0.342 e. The number of carboxylic acid groups (broad SMARTS) is 2. The van der Waals surface area contributed by atoms with Crippen LogP contribution in [0.25, 0.3) is 11.1 Å². The molecule has 0 unspecified atom stereocenters. The Morgan fingerprint density at radius 2 is 1.58 bits per heavy atom. The van der Waals surface area contributed by atoms with E-state index in [9.17, 15) is 29.4 Å². The summed E-state index contributed by atoms with van der Waals surface area (Å²) < 4.78 is 4.54. The smallest absolute Gasteiger partial charge is 0.342 e. The highest BCUT2D eigenvalue weighted by molar-refractivity contribution is 6.07. The summed E-state index contributed by atoms with van der Waals surface area (Å²) in [6.45, 7) is 0. The van der Waals surface area contributed by atoms with Crippen molar-refractivity contribution in [2.24, 2.45) is 0 Å². The average Bonchev–Trinajstić information content (AvgIpc) is 2.52. The minimum atomic E-state index is -1.61. The van der Waals surface area contributed by atoms with Crippen LogP contribution in [-0.2, 0) is 4.74 Å². The summed E-state index contributed by atoms with van der Waals surface area (Å²) in [7, 11) is 1.19. The van der Waals surface area contributed by atoms with Crippen LogP contribution < -0.4 is 11.3 Å². The Morgan fingerprint density at radius 1 is 1.04 bits per heavy atom. The van der Waals surface area contributed by atoms with Gasteiger partial charge in [0.2, 0.25) is 0 Å². The number of aromatic nitrogens is 1. The number of carbonyl (C=O) groups is 3. The van der Waals surface area contributed by atoms with Crippen LogP contribution in [0, 0.1) is 0 Å². The first-order chi connectivity index (χ1) is 11.3. The number of hydrogen-bond acceptors (Lipinski definition) is 6. The quantitative estimate of drug-likeness (QED) is 0.598. The van der Waals surface area contributed by atoms with Crippen LogP contribution in [0.15, 0.2) is 29.1 Å². The van der Waals surface area contributed by atoms with Crippen LogP contribution in [0.5, 0.6) is 0 Å². The molecule has 1 aromatic heterocycles. The summed E-state index contributed by atoms with van der Waals surface area (Å²) >= 11 is 0. The van der Waals surface area contributed by atoms with Crippen molar-refractivity contribution in [2.45, 2.75) is 0 Å². The van der Waals surface area contributed by atoms with Crippen molar-refractivity contribution in [3.8, 4) is 11.1 Å². The van der Waals surface area contributed by atoms with Crippen molar-refractivity contribution in [3.63, 3.8) is 0 Å². The molecular formula is C15H12N2O7. The van der Waals surface area contributed by atoms with Crippen LogP contribution in [0.1, 0.15) is 31.1 Å². The first-order valence-corrected chi connectivity index (χ1v) is 6.49. The third kappa shape index (κ3) is 2.82. The Labute approximate surface area is 134 Å². The predicted octanol–water partition coefficient (Wildman–Crippen LogP) is 0.807. The van der Waals surface area contributed by atoms with Crippen LogP contribution in [0.3, 0.4) is 0 Å². The highest BCUT2D eigenvalue weighted by Gasteiger charge is 2.26. The number of aromatic amines is 1. The number of anilines is 1. The standard InChI is InChI=1S/C15H12N2O7/c1-24-15(23)7-4-2-6(3-5-7)8-9(13(19)20)11(16)17-12(18)10(8)14(21)22/h2-5H,1H3,(H,19,20)(H,21,22)(H3,16,17,18). The Morgan fingerprint density at radius 3 is 2.04 bits per heavy atom. The topological polar surface area (TPSA) is 160 Å². The summed E-state index contributed by atoms with van der Waals surface area (Å²) in [5.41, 5.74) is 3.14. The van der Waals surface area contributed by atoms with Crippen molar-refractivity contribution in [1.29, 1.82) is 0 Å². The number of esters is 1. The van der Waals surface area contributed by atoms with Gasteiger partial charge in [0.15, 0.2) is 0 Å². The van der Waals surface area contributed by atoms with Crippen molar-refractivity contribution in [3.05, 3.63) is 51.3 Å². The van der Waals surface area contributed by atoms with Crippen molar-refractivity contribution in [2.75, 3.05) is 12.8 Å². The zero-order chi connectivity index (χ0) is 18.0. The number of benzene rings is 1. The van der Waals surface area contributed by atoms with E-state index in [2.05, 4.69) is 4.74 Å². The molecule has 0 saturated carbocycles. The number of nitrogen functional groups attached to an aromatic ring is 1. The van der Waals surface area contributed by atoms with Gasteiger partial charge in [0.25, 0.3) is 5.56 Å². The normalized spacial score (nSPS) is 10.2. The molecule has 1 aromatic carbocycles. The van der Waals surface area contributed by atoms with E-state index >= 15 is 0 Å². The molecule has 0 atom stereocenters. The average molecular weight is 332 g/mol. The molecule has 0 radical (unpaired) electrons. The molecule has 0 saturated heterocycles. The molecule has 2 aromatic rings. The number of H-pyrrole nitrogens is 1. The van der Waals surface area contributed by atoms with E-state index in [4.69, 9.17) is 5.73 Å². The van der Waals surface area contributed by atoms with E-state index in [1.807, 2.05) is 4.98 Å². The van der Waals surface area contributed by atoms with E-state index in [1.165, 1.54) is 31.4 Å². The molecule has 124 valence electrons. The second-order valence-electron chi connectivity index (χ2n) is 4.67. The number of nitrogens with one attached hydrogen (secondary N) is 1. The number of nitrogens with two attached hydrogens (primary N) is 1. The van der Waals surface area contributed by atoms with Gasteiger partial charge in [-0.1, -0.05) is 12.1 Å². The van der Waals surface area contributed by atoms with E-state index < -0.39 is 40.4 Å². The number of aromatic carboxylic acids is 2. The molecule has 2 rings (SSSR count). The van der Waals surface area contributed by atoms with Crippen LogP contribution >= 0.6 is 0 Å². The maximum absolute atomic E-state index is 11.9. The molecule has 24 heavy (non-hydrogen) atoms. The van der Waals surface area contributed by atoms with Gasteiger partial charge in [0.05, 0.1) is 12.7 Å². The van der Waals surface area contributed by atoms with Crippen LogP contribution in [-0.4, -0.2) is 40.2 Å². The lowest BCUT2D eigenvalue weighted by Gasteiger charge is -2.12. The summed E-state index contributed by atoms with van der Waals surface area (Å²) in [6, 6.07) is 5.24. The van der Waals surface area contributed by atoms with Crippen molar-refractivity contribution in [1.82, 2.24) is 4.98 Å². The number of carboxylic acids is 2. The second-order valence-corrected chi connectivity index (χ2v) is 4.67. The first kappa shape index (κ1) is 16.7. The fourth-order valence-corrected chi connectivity index (χ4v) is 2.23. The van der Waals surface area contributed by atoms with Gasteiger partial charge < -0.3 is 25.7 Å². The van der Waals surface area contributed by atoms with E-state index in [0.717, 1.165) is 0 Å². The molecular weight excluding hydrogens is 320 g/mol. The minimum absolute atomic E-state index is 0.107. The molecule has 0 amide bonds. The highest BCUT2D eigenvalue weighted by Crippen LogP contribution is 2.29. The molecule has 0 aliphatic carbocycles. The van der Waals surface area contributed by atoms with Gasteiger partial charge in [0, 0.05) is 5.56 Å². The minimum Gasteiger partial charge on any atom is -0.478 e. The molecule has 0 fully saturated rings. The molecule has 9 heteroatoms. The van der Waals surface area contributed by atoms with Crippen molar-refractivity contribution < 1.29 is 29.3 Å². The molecule has 0 aliphatic heterocycles. The molecule has 1 heterocycles. The van der Waals surface area contributed by atoms with E-state index in [0.29, 0.717) is 0 Å². The zero-order valence-corrected chi connectivity index (χ0v) is 12.3. The Bertz CT molecular complexity index is 897. The van der Waals surface area contributed by atoms with Crippen LogP contribution in [0.2, 0.25) is 0 Å². The lowest BCUT2D eigenvalue weighted by atomic mass is 9.95. The summed E-state index contributed by atoms with van der Waals surface area (Å²) in [6.07, 6.45) is 0. The van der Waals surface area contributed by atoms with Gasteiger partial charge in [0.1, 0.15) is 16.9 Å². The highest BCUT2D eigenvalue weighted by atomic mass is 16.5. The lowest BCUT2D eigenvalue weighted by Crippen LogP contribution is -2.24. The fourth-order valence-electron chi connectivity index (χ4n) is 2.23. The molecule has 0 spiro atoms. The lowest BCUT2D eigenvalue weighted by molar-refractivity contribution is 0.0598. The Balaban J connectivity index is 2.81. The Hall–Kier alpha value is -3.62. The van der Waals surface area contributed by atoms with Gasteiger partial charge in [-0.15, -0.1) is 0 Å². The van der Waals surface area contributed by atoms with Gasteiger partial charge in [-0.25, -0.2) is 14.4 Å². The number of pyridine rings is 1. The SMILES string of the molecule is COC(=O)c1ccc(-c2c(C(=O)O)c(N)[nH]c(=O)c2C(=O)O)cc1. The third-order valence-corrected chi connectivity index (χ3v) is 3.27. The number of carbonyl (C=O) groups excluding carboxylic acids is 1. The second kappa shape index (κ2) is 6.24. The maximum atomic E-state index is 11.9. The largest absolute Gasteiger partial charge is 0.478 e. The summed E-state index contributed by atoms with van der Waals surface area (Å²) in [4.78, 5) is 48.2. The fraction of sp³-hybridized carbons (Fsp3) is 0.0667. The van der Waals surface area contributed by atoms with E-state index in [1.54, 1.807) is 0 Å². The molecule has 9 nitrogen and oxygen atoms in total. The monoisotopic (exact) mass is 332 g/mol. The van der Waals surface area contributed by atoms with Gasteiger partial charge >= 0.3 is 17.9 Å². The first-order valence-electron chi connectivity index (χ1n) is 6.49. The number of rotatable bonds is 4. The number of ether oxygens (including phenoxy) is 1. The molecule has 5 N–H and O–H groups in total. The molecule has 0 aliphatic rings. The third-order valence-electron chi connectivity index (χ3n) is 3.27.